The van der Waals surface area contributed by atoms with E-state index in [1.165, 1.54) is 12.1 Å². The lowest BCUT2D eigenvalue weighted by molar-refractivity contribution is 0.360. The third-order valence-corrected chi connectivity index (χ3v) is 7.36. The first kappa shape index (κ1) is 19.6. The monoisotopic (exact) mass is 424 g/mol. The molecule has 0 amide bonds. The fourth-order valence-corrected chi connectivity index (χ4v) is 4.90. The molecule has 1 heterocycles. The van der Waals surface area contributed by atoms with Gasteiger partial charge in [0.1, 0.15) is 29.5 Å². The fraction of sp³-hybridized carbons (Fsp3) is 0.300. The Morgan fingerprint density at radius 3 is 2.55 bits per heavy atom. The van der Waals surface area contributed by atoms with E-state index in [1.54, 1.807) is 25.1 Å². The third-order valence-electron chi connectivity index (χ3n) is 5.17. The lowest BCUT2D eigenvalue weighted by atomic mass is 10.2. The van der Waals surface area contributed by atoms with Crippen LogP contribution in [0.25, 0.3) is 0 Å². The Morgan fingerprint density at radius 2 is 1.86 bits per heavy atom. The molecule has 4 rings (SSSR count). The van der Waals surface area contributed by atoms with E-state index in [1.807, 2.05) is 0 Å². The Bertz CT molecular complexity index is 1110. The highest BCUT2D eigenvalue weighted by atomic mass is 32.2. The molecule has 0 atom stereocenters. The van der Waals surface area contributed by atoms with Gasteiger partial charge in [-0.3, -0.25) is 4.72 Å². The SMILES string of the molecule is Cc1ccc(Nc2c(F)c(F)cc3c2NS(=O)(=O)C2(CC=CCO3)CC2)c(F)c1. The van der Waals surface area contributed by atoms with Crippen molar-refractivity contribution in [1.29, 1.82) is 0 Å². The summed E-state index contributed by atoms with van der Waals surface area (Å²) < 4.78 is 76.0. The summed E-state index contributed by atoms with van der Waals surface area (Å²) in [5.74, 6) is -3.47. The second-order valence-corrected chi connectivity index (χ2v) is 9.38. The van der Waals surface area contributed by atoms with Crippen LogP contribution in [0.5, 0.6) is 5.75 Å². The van der Waals surface area contributed by atoms with Crippen molar-refractivity contribution in [3.63, 3.8) is 0 Å². The molecule has 29 heavy (non-hydrogen) atoms. The quantitative estimate of drug-likeness (QED) is 0.682. The summed E-state index contributed by atoms with van der Waals surface area (Å²) in [4.78, 5) is 0. The summed E-state index contributed by atoms with van der Waals surface area (Å²) in [7, 11) is -3.93. The van der Waals surface area contributed by atoms with E-state index in [-0.39, 0.29) is 23.7 Å². The van der Waals surface area contributed by atoms with Crippen molar-refractivity contribution in [2.75, 3.05) is 16.6 Å². The second kappa shape index (κ2) is 6.98. The molecule has 1 spiro atoms. The average Bonchev–Trinajstić information content (AvgIpc) is 3.44. The molecule has 9 heteroatoms. The highest BCUT2D eigenvalue weighted by Gasteiger charge is 2.54. The Kier molecular flexibility index (Phi) is 4.72. The molecule has 5 nitrogen and oxygen atoms in total. The molecule has 2 aliphatic rings. The van der Waals surface area contributed by atoms with Gasteiger partial charge in [0.05, 0.1) is 10.4 Å². The third kappa shape index (κ3) is 3.55. The van der Waals surface area contributed by atoms with Gasteiger partial charge in [0, 0.05) is 6.07 Å². The van der Waals surface area contributed by atoms with Gasteiger partial charge in [-0.1, -0.05) is 18.2 Å². The number of ether oxygens (including phenoxy) is 1. The first-order valence-corrected chi connectivity index (χ1v) is 10.6. The molecule has 1 fully saturated rings. The van der Waals surface area contributed by atoms with Crippen molar-refractivity contribution in [2.45, 2.75) is 30.9 Å². The number of rotatable bonds is 2. The van der Waals surface area contributed by atoms with Gasteiger partial charge in [-0.25, -0.2) is 21.6 Å². The number of halogens is 3. The maximum atomic E-state index is 14.7. The number of nitrogens with one attached hydrogen (secondary N) is 2. The van der Waals surface area contributed by atoms with Gasteiger partial charge in [0.15, 0.2) is 11.6 Å². The van der Waals surface area contributed by atoms with Crippen LogP contribution in [-0.4, -0.2) is 19.8 Å². The van der Waals surface area contributed by atoms with Gasteiger partial charge in [-0.05, 0) is 43.9 Å². The van der Waals surface area contributed by atoms with Crippen LogP contribution in [-0.2, 0) is 10.0 Å². The standard InChI is InChI=1S/C20H19F3N2O3S/c1-12-4-5-15(13(21)10-12)24-19-17(23)14(22)11-16-18(19)25-29(26,27)20(7-8-20)6-2-3-9-28-16/h2-5,10-11,24-25H,6-9H2,1H3. The van der Waals surface area contributed by atoms with E-state index in [4.69, 9.17) is 4.74 Å². The molecule has 0 bridgehead atoms. The Morgan fingerprint density at radius 1 is 1.10 bits per heavy atom. The molecule has 2 aromatic carbocycles. The molecule has 2 N–H and O–H groups in total. The van der Waals surface area contributed by atoms with Crippen LogP contribution in [0.3, 0.4) is 0 Å². The first-order chi connectivity index (χ1) is 13.7. The highest BCUT2D eigenvalue weighted by Crippen LogP contribution is 2.49. The number of anilines is 3. The van der Waals surface area contributed by atoms with Crippen LogP contribution < -0.4 is 14.8 Å². The summed E-state index contributed by atoms with van der Waals surface area (Å²) in [6, 6.07) is 4.95. The summed E-state index contributed by atoms with van der Waals surface area (Å²) in [5, 5.41) is 2.49. The van der Waals surface area contributed by atoms with Crippen LogP contribution in [0.2, 0.25) is 0 Å². The van der Waals surface area contributed by atoms with E-state index in [0.717, 1.165) is 6.07 Å². The van der Waals surface area contributed by atoms with Crippen molar-refractivity contribution in [3.05, 3.63) is 59.4 Å². The van der Waals surface area contributed by atoms with Gasteiger partial charge in [0.2, 0.25) is 10.0 Å². The van der Waals surface area contributed by atoms with Crippen molar-refractivity contribution >= 4 is 27.1 Å². The van der Waals surface area contributed by atoms with Crippen LogP contribution >= 0.6 is 0 Å². The van der Waals surface area contributed by atoms with Crippen LogP contribution in [0.15, 0.2) is 36.4 Å². The number of sulfonamides is 1. The van der Waals surface area contributed by atoms with E-state index >= 15 is 0 Å². The summed E-state index contributed by atoms with van der Waals surface area (Å²) in [5.41, 5.74) is -0.306. The number of allylic oxidation sites excluding steroid dienone is 1. The van der Waals surface area contributed by atoms with Crippen molar-refractivity contribution in [3.8, 4) is 5.75 Å². The molecule has 2 aromatic rings. The Hall–Kier alpha value is -2.68. The zero-order valence-electron chi connectivity index (χ0n) is 15.6. The zero-order chi connectivity index (χ0) is 20.8. The number of aryl methyl sites for hydroxylation is 1. The number of fused-ring (bicyclic) bond motifs is 1. The van der Waals surface area contributed by atoms with Crippen LogP contribution in [0.4, 0.5) is 30.2 Å². The Balaban J connectivity index is 1.86. The average molecular weight is 424 g/mol. The molecule has 0 saturated heterocycles. The minimum Gasteiger partial charge on any atom is -0.487 e. The highest BCUT2D eigenvalue weighted by molar-refractivity contribution is 7.94. The lowest BCUT2D eigenvalue weighted by Crippen LogP contribution is -2.30. The first-order valence-electron chi connectivity index (χ1n) is 9.08. The predicted octanol–water partition coefficient (Wildman–Crippen LogP) is 4.77. The normalized spacial score (nSPS) is 19.0. The second-order valence-electron chi connectivity index (χ2n) is 7.30. The van der Waals surface area contributed by atoms with E-state index in [2.05, 4.69) is 10.0 Å². The summed E-state index contributed by atoms with van der Waals surface area (Å²) >= 11 is 0. The van der Waals surface area contributed by atoms with Gasteiger partial charge < -0.3 is 10.1 Å². The van der Waals surface area contributed by atoms with E-state index in [9.17, 15) is 21.6 Å². The molecule has 1 aliphatic heterocycles. The zero-order valence-corrected chi connectivity index (χ0v) is 16.4. The maximum absolute atomic E-state index is 14.7. The van der Waals surface area contributed by atoms with E-state index < -0.39 is 37.9 Å². The smallest absolute Gasteiger partial charge is 0.238 e. The topological polar surface area (TPSA) is 67.4 Å². The van der Waals surface area contributed by atoms with Crippen molar-refractivity contribution in [1.82, 2.24) is 0 Å². The number of hydrogen-bond donors (Lipinski definition) is 2. The van der Waals surface area contributed by atoms with Crippen molar-refractivity contribution < 1.29 is 26.3 Å². The predicted molar refractivity (Wildman–Crippen MR) is 105 cm³/mol. The minimum absolute atomic E-state index is 0.0498. The van der Waals surface area contributed by atoms with Crippen LogP contribution in [0, 0.1) is 24.4 Å². The van der Waals surface area contributed by atoms with Gasteiger partial charge in [-0.15, -0.1) is 0 Å². The van der Waals surface area contributed by atoms with E-state index in [0.29, 0.717) is 24.8 Å². The number of hydrogen-bond acceptors (Lipinski definition) is 4. The fourth-order valence-electron chi connectivity index (χ4n) is 3.26. The lowest BCUT2D eigenvalue weighted by Gasteiger charge is -2.23. The molecular weight excluding hydrogens is 405 g/mol. The van der Waals surface area contributed by atoms with Gasteiger partial charge in [-0.2, -0.15) is 0 Å². The summed E-state index contributed by atoms with van der Waals surface area (Å²) in [6.45, 7) is 1.73. The molecule has 0 aromatic heterocycles. The Labute approximate surface area is 166 Å². The van der Waals surface area contributed by atoms with Crippen LogP contribution in [0.1, 0.15) is 24.8 Å². The van der Waals surface area contributed by atoms with Crippen molar-refractivity contribution in [2.24, 2.45) is 0 Å². The number of benzene rings is 2. The summed E-state index contributed by atoms with van der Waals surface area (Å²) in [6.07, 6.45) is 4.56. The minimum atomic E-state index is -3.93. The van der Waals surface area contributed by atoms with Gasteiger partial charge in [0.25, 0.3) is 0 Å². The molecule has 1 saturated carbocycles. The molecular formula is C20H19F3N2O3S. The molecule has 154 valence electrons. The van der Waals surface area contributed by atoms with Gasteiger partial charge >= 0.3 is 0 Å². The molecule has 0 radical (unpaired) electrons. The maximum Gasteiger partial charge on any atom is 0.238 e. The largest absolute Gasteiger partial charge is 0.487 e. The molecule has 0 unspecified atom stereocenters. The molecule has 1 aliphatic carbocycles.